The van der Waals surface area contributed by atoms with Crippen LogP contribution >= 0.6 is 28.7 Å². The van der Waals surface area contributed by atoms with Crippen LogP contribution in [0.2, 0.25) is 0 Å². The average molecular weight is 313 g/mol. The minimum atomic E-state index is -0.682. The standard InChI is InChI=1S/C10H9BrN4OS/c11-7-4-2-1-3-6(7)8-5-9(14-13-8)15(17)10(12)16/h1-5,17H,(H2,12,16)(H,13,14). The van der Waals surface area contributed by atoms with Gasteiger partial charge < -0.3 is 5.73 Å². The number of thiol groups is 1. The van der Waals surface area contributed by atoms with Gasteiger partial charge in [0.1, 0.15) is 0 Å². The van der Waals surface area contributed by atoms with Crippen molar-refractivity contribution in [1.82, 2.24) is 10.2 Å². The van der Waals surface area contributed by atoms with Crippen LogP contribution in [0.15, 0.2) is 34.8 Å². The maximum Gasteiger partial charge on any atom is 0.330 e. The Hall–Kier alpha value is -1.47. The lowest BCUT2D eigenvalue weighted by atomic mass is 10.1. The Bertz CT molecular complexity index is 557. The summed E-state index contributed by atoms with van der Waals surface area (Å²) in [4.78, 5) is 10.9. The molecule has 88 valence electrons. The van der Waals surface area contributed by atoms with Gasteiger partial charge in [0.2, 0.25) is 0 Å². The van der Waals surface area contributed by atoms with Crippen molar-refractivity contribution in [3.63, 3.8) is 0 Å². The number of rotatable bonds is 2. The van der Waals surface area contributed by atoms with E-state index in [1.807, 2.05) is 24.3 Å². The number of carbonyl (C=O) groups excluding carboxylic acids is 1. The second-order valence-electron chi connectivity index (χ2n) is 3.27. The highest BCUT2D eigenvalue weighted by molar-refractivity contribution is 9.10. The minimum absolute atomic E-state index is 0.353. The van der Waals surface area contributed by atoms with E-state index >= 15 is 0 Å². The van der Waals surface area contributed by atoms with Gasteiger partial charge in [0.25, 0.3) is 0 Å². The Balaban J connectivity index is 2.37. The molecule has 0 saturated heterocycles. The molecule has 17 heavy (non-hydrogen) atoms. The molecule has 2 rings (SSSR count). The molecule has 1 aromatic carbocycles. The third-order valence-corrected chi connectivity index (χ3v) is 3.25. The van der Waals surface area contributed by atoms with E-state index in [2.05, 4.69) is 38.9 Å². The number of H-pyrrole nitrogens is 1. The highest BCUT2D eigenvalue weighted by Gasteiger charge is 2.13. The zero-order chi connectivity index (χ0) is 12.4. The van der Waals surface area contributed by atoms with Crippen LogP contribution < -0.4 is 10.0 Å². The van der Waals surface area contributed by atoms with Crippen LogP contribution in [-0.2, 0) is 0 Å². The summed E-state index contributed by atoms with van der Waals surface area (Å²) < 4.78 is 1.90. The highest BCUT2D eigenvalue weighted by Crippen LogP contribution is 2.28. The second-order valence-corrected chi connectivity index (χ2v) is 4.52. The van der Waals surface area contributed by atoms with Crippen molar-refractivity contribution in [2.75, 3.05) is 4.31 Å². The number of nitrogens with two attached hydrogens (primary N) is 1. The minimum Gasteiger partial charge on any atom is -0.350 e. The van der Waals surface area contributed by atoms with Crippen LogP contribution in [-0.4, -0.2) is 16.2 Å². The molecule has 0 bridgehead atoms. The Kier molecular flexibility index (Phi) is 3.39. The van der Waals surface area contributed by atoms with Gasteiger partial charge in [-0.3, -0.25) is 5.10 Å². The van der Waals surface area contributed by atoms with Gasteiger partial charge in [-0.1, -0.05) is 46.9 Å². The molecule has 3 N–H and O–H groups in total. The zero-order valence-electron chi connectivity index (χ0n) is 8.59. The van der Waals surface area contributed by atoms with E-state index in [0.717, 1.165) is 20.0 Å². The molecule has 0 spiro atoms. The molecule has 0 aliphatic rings. The predicted molar refractivity (Wildman–Crippen MR) is 72.8 cm³/mol. The summed E-state index contributed by atoms with van der Waals surface area (Å²) in [6, 6.07) is 8.68. The number of halogens is 1. The van der Waals surface area contributed by atoms with Crippen LogP contribution in [0.1, 0.15) is 0 Å². The third-order valence-electron chi connectivity index (χ3n) is 2.15. The van der Waals surface area contributed by atoms with Crippen molar-refractivity contribution in [1.29, 1.82) is 0 Å². The summed E-state index contributed by atoms with van der Waals surface area (Å²) in [6.07, 6.45) is 0. The first-order chi connectivity index (χ1) is 8.09. The number of benzene rings is 1. The summed E-state index contributed by atoms with van der Waals surface area (Å²) in [6.45, 7) is 0. The maximum atomic E-state index is 10.9. The van der Waals surface area contributed by atoms with Crippen LogP contribution in [0.5, 0.6) is 0 Å². The fourth-order valence-corrected chi connectivity index (χ4v) is 1.95. The lowest BCUT2D eigenvalue weighted by Crippen LogP contribution is -2.27. The normalized spacial score (nSPS) is 10.2. The molecule has 7 heteroatoms. The topological polar surface area (TPSA) is 75.0 Å². The average Bonchev–Trinajstić information content (AvgIpc) is 2.77. The molecular weight excluding hydrogens is 304 g/mol. The summed E-state index contributed by atoms with van der Waals surface area (Å²) >= 11 is 7.37. The Morgan fingerprint density at radius 2 is 2.18 bits per heavy atom. The largest absolute Gasteiger partial charge is 0.350 e. The fraction of sp³-hybridized carbons (Fsp3) is 0. The van der Waals surface area contributed by atoms with E-state index in [4.69, 9.17) is 5.73 Å². The monoisotopic (exact) mass is 312 g/mol. The molecule has 5 nitrogen and oxygen atoms in total. The van der Waals surface area contributed by atoms with Crippen molar-refractivity contribution < 1.29 is 4.79 Å². The SMILES string of the molecule is NC(=O)N(S)c1cc(-c2ccccc2Br)[nH]n1. The molecular formula is C10H9BrN4OS. The summed E-state index contributed by atoms with van der Waals surface area (Å²) in [5.74, 6) is 0.353. The summed E-state index contributed by atoms with van der Waals surface area (Å²) in [5, 5.41) is 6.78. The second kappa shape index (κ2) is 4.80. The predicted octanol–water partition coefficient (Wildman–Crippen LogP) is 2.57. The van der Waals surface area contributed by atoms with E-state index in [1.165, 1.54) is 0 Å². The number of urea groups is 1. The Morgan fingerprint density at radius 1 is 1.47 bits per heavy atom. The van der Waals surface area contributed by atoms with E-state index < -0.39 is 6.03 Å². The lowest BCUT2D eigenvalue weighted by molar-refractivity contribution is 0.257. The fourth-order valence-electron chi connectivity index (χ4n) is 1.35. The molecule has 0 aliphatic carbocycles. The first-order valence-electron chi connectivity index (χ1n) is 4.68. The molecule has 2 aromatic rings. The van der Waals surface area contributed by atoms with Gasteiger partial charge in [-0.2, -0.15) is 5.10 Å². The Labute approximate surface area is 112 Å². The molecule has 0 fully saturated rings. The van der Waals surface area contributed by atoms with E-state index in [0.29, 0.717) is 5.82 Å². The number of nitrogens with zero attached hydrogens (tertiary/aromatic N) is 2. The van der Waals surface area contributed by atoms with Gasteiger partial charge in [-0.25, -0.2) is 9.10 Å². The number of amides is 2. The van der Waals surface area contributed by atoms with Crippen molar-refractivity contribution >= 4 is 40.6 Å². The van der Waals surface area contributed by atoms with E-state index in [9.17, 15) is 4.79 Å². The van der Waals surface area contributed by atoms with Crippen molar-refractivity contribution in [2.24, 2.45) is 5.73 Å². The Morgan fingerprint density at radius 3 is 2.82 bits per heavy atom. The van der Waals surface area contributed by atoms with Crippen LogP contribution in [0.3, 0.4) is 0 Å². The zero-order valence-corrected chi connectivity index (χ0v) is 11.1. The molecule has 0 aliphatic heterocycles. The number of nitrogens with one attached hydrogen (secondary N) is 1. The molecule has 0 radical (unpaired) electrons. The number of hydrogen-bond acceptors (Lipinski definition) is 3. The number of anilines is 1. The molecule has 1 aromatic heterocycles. The van der Waals surface area contributed by atoms with E-state index in [-0.39, 0.29) is 0 Å². The van der Waals surface area contributed by atoms with Gasteiger partial charge in [0.15, 0.2) is 5.82 Å². The van der Waals surface area contributed by atoms with Crippen LogP contribution in [0.25, 0.3) is 11.3 Å². The highest BCUT2D eigenvalue weighted by atomic mass is 79.9. The maximum absolute atomic E-state index is 10.9. The van der Waals surface area contributed by atoms with Gasteiger partial charge >= 0.3 is 6.03 Å². The van der Waals surface area contributed by atoms with Crippen molar-refractivity contribution in [3.8, 4) is 11.3 Å². The van der Waals surface area contributed by atoms with E-state index in [1.54, 1.807) is 6.07 Å². The van der Waals surface area contributed by atoms with Crippen LogP contribution in [0.4, 0.5) is 10.6 Å². The van der Waals surface area contributed by atoms with Gasteiger partial charge in [0.05, 0.1) is 5.69 Å². The van der Waals surface area contributed by atoms with Gasteiger partial charge in [-0.15, -0.1) is 0 Å². The number of primary amides is 1. The number of aromatic nitrogens is 2. The quantitative estimate of drug-likeness (QED) is 0.745. The summed E-state index contributed by atoms with van der Waals surface area (Å²) in [5.41, 5.74) is 6.81. The smallest absolute Gasteiger partial charge is 0.330 e. The molecule has 0 saturated carbocycles. The van der Waals surface area contributed by atoms with Gasteiger partial charge in [-0.05, 0) is 6.07 Å². The molecule has 0 unspecified atom stereocenters. The number of aromatic amines is 1. The molecule has 0 atom stereocenters. The first kappa shape index (κ1) is 12.0. The van der Waals surface area contributed by atoms with Crippen molar-refractivity contribution in [2.45, 2.75) is 0 Å². The third kappa shape index (κ3) is 2.45. The first-order valence-corrected chi connectivity index (χ1v) is 5.87. The number of hydrogen-bond donors (Lipinski definition) is 3. The molecule has 1 heterocycles. The summed E-state index contributed by atoms with van der Waals surface area (Å²) in [7, 11) is 0. The van der Waals surface area contributed by atoms with Crippen molar-refractivity contribution in [3.05, 3.63) is 34.8 Å². The molecule has 2 amide bonds. The van der Waals surface area contributed by atoms with Crippen LogP contribution in [0, 0.1) is 0 Å². The van der Waals surface area contributed by atoms with Gasteiger partial charge in [0, 0.05) is 16.1 Å². The lowest BCUT2D eigenvalue weighted by Gasteiger charge is -2.06. The number of carbonyl (C=O) groups is 1.